The fourth-order valence-corrected chi connectivity index (χ4v) is 4.06. The van der Waals surface area contributed by atoms with E-state index < -0.39 is 16.0 Å². The highest BCUT2D eigenvalue weighted by Gasteiger charge is 2.36. The van der Waals surface area contributed by atoms with Crippen molar-refractivity contribution in [3.8, 4) is 0 Å². The van der Waals surface area contributed by atoms with Gasteiger partial charge in [-0.05, 0) is 31.5 Å². The molecule has 4 N–H and O–H groups in total. The van der Waals surface area contributed by atoms with Crippen molar-refractivity contribution in [2.24, 2.45) is 0 Å². The van der Waals surface area contributed by atoms with Gasteiger partial charge in [0.15, 0.2) is 0 Å². The van der Waals surface area contributed by atoms with Crippen LogP contribution in [0, 0.1) is 0 Å². The summed E-state index contributed by atoms with van der Waals surface area (Å²) in [7, 11) is -3.64. The number of aliphatic carboxylic acids is 1. The van der Waals surface area contributed by atoms with Gasteiger partial charge >= 0.3 is 5.97 Å². The average Bonchev–Trinajstić information content (AvgIpc) is 2.40. The quantitative estimate of drug-likeness (QED) is 0.628. The van der Waals surface area contributed by atoms with Gasteiger partial charge in [-0.2, -0.15) is 0 Å². The van der Waals surface area contributed by atoms with Crippen molar-refractivity contribution in [1.82, 2.24) is 9.62 Å². The standard InChI is InChI=1S/C14H21N3O4S/c1-2-17(9-14(18)19)11-7-10(8-11)16-22(20,21)13-6-4-3-5-12(13)15/h3-6,10-11,16H,2,7-9,15H2,1H3,(H,18,19). The Labute approximate surface area is 130 Å². The Morgan fingerprint density at radius 2 is 2.05 bits per heavy atom. The largest absolute Gasteiger partial charge is 0.480 e. The van der Waals surface area contributed by atoms with Crippen LogP contribution in [0.1, 0.15) is 19.8 Å². The average molecular weight is 327 g/mol. The zero-order chi connectivity index (χ0) is 16.3. The number of nitrogen functional groups attached to an aromatic ring is 1. The maximum absolute atomic E-state index is 12.3. The third kappa shape index (κ3) is 3.76. The highest BCUT2D eigenvalue weighted by atomic mass is 32.2. The second-order valence-corrected chi connectivity index (χ2v) is 7.12. The molecular weight excluding hydrogens is 306 g/mol. The Morgan fingerprint density at radius 1 is 1.41 bits per heavy atom. The van der Waals surface area contributed by atoms with Gasteiger partial charge in [0, 0.05) is 12.1 Å². The zero-order valence-electron chi connectivity index (χ0n) is 12.4. The van der Waals surface area contributed by atoms with Crippen LogP contribution < -0.4 is 10.5 Å². The molecule has 0 heterocycles. The molecule has 0 amide bonds. The summed E-state index contributed by atoms with van der Waals surface area (Å²) in [6.07, 6.45) is 1.21. The SMILES string of the molecule is CCN(CC(=O)O)C1CC(NS(=O)(=O)c2ccccc2N)C1. The molecule has 0 atom stereocenters. The number of likely N-dealkylation sites (N-methyl/N-ethyl adjacent to an activating group) is 1. The van der Waals surface area contributed by atoms with Gasteiger partial charge in [0.05, 0.1) is 12.2 Å². The summed E-state index contributed by atoms with van der Waals surface area (Å²) in [5, 5.41) is 8.85. The van der Waals surface area contributed by atoms with Crippen LogP contribution in [0.2, 0.25) is 0 Å². The van der Waals surface area contributed by atoms with Crippen molar-refractivity contribution in [2.75, 3.05) is 18.8 Å². The molecule has 1 saturated carbocycles. The molecule has 0 bridgehead atoms. The second kappa shape index (κ2) is 6.64. The minimum absolute atomic E-state index is 0.0216. The smallest absolute Gasteiger partial charge is 0.317 e. The fourth-order valence-electron chi connectivity index (χ4n) is 2.66. The molecule has 0 aliphatic heterocycles. The summed E-state index contributed by atoms with van der Waals surface area (Å²) in [5.41, 5.74) is 5.92. The first-order valence-electron chi connectivity index (χ1n) is 7.16. The first kappa shape index (κ1) is 16.7. The molecular formula is C14H21N3O4S. The molecule has 1 fully saturated rings. The number of para-hydroxylation sites is 1. The number of sulfonamides is 1. The molecule has 2 rings (SSSR count). The summed E-state index contributed by atoms with van der Waals surface area (Å²) in [6.45, 7) is 2.50. The highest BCUT2D eigenvalue weighted by molar-refractivity contribution is 7.89. The molecule has 0 unspecified atom stereocenters. The molecule has 0 aromatic heterocycles. The van der Waals surface area contributed by atoms with Gasteiger partial charge in [0.2, 0.25) is 10.0 Å². The Kier molecular flexibility index (Phi) is 5.05. The van der Waals surface area contributed by atoms with Gasteiger partial charge in [-0.25, -0.2) is 13.1 Å². The Balaban J connectivity index is 1.95. The number of carboxylic acids is 1. The molecule has 122 valence electrons. The van der Waals surface area contributed by atoms with E-state index in [2.05, 4.69) is 4.72 Å². The first-order chi connectivity index (χ1) is 10.3. The molecule has 1 aliphatic carbocycles. The van der Waals surface area contributed by atoms with Crippen LogP contribution in [-0.4, -0.2) is 49.6 Å². The number of nitrogens with one attached hydrogen (secondary N) is 1. The van der Waals surface area contributed by atoms with E-state index >= 15 is 0 Å². The fraction of sp³-hybridized carbons (Fsp3) is 0.500. The Bertz CT molecular complexity index is 641. The Morgan fingerprint density at radius 3 is 2.59 bits per heavy atom. The normalized spacial score (nSPS) is 21.5. The first-order valence-corrected chi connectivity index (χ1v) is 8.64. The minimum Gasteiger partial charge on any atom is -0.480 e. The molecule has 22 heavy (non-hydrogen) atoms. The minimum atomic E-state index is -3.64. The molecule has 1 aromatic rings. The molecule has 0 spiro atoms. The molecule has 0 saturated heterocycles. The van der Waals surface area contributed by atoms with E-state index in [-0.39, 0.29) is 29.2 Å². The van der Waals surface area contributed by atoms with E-state index in [1.807, 2.05) is 11.8 Å². The summed E-state index contributed by atoms with van der Waals surface area (Å²) in [6, 6.07) is 6.23. The van der Waals surface area contributed by atoms with Crippen LogP contribution in [0.3, 0.4) is 0 Å². The van der Waals surface area contributed by atoms with Crippen molar-refractivity contribution in [1.29, 1.82) is 0 Å². The number of hydrogen-bond acceptors (Lipinski definition) is 5. The van der Waals surface area contributed by atoms with Gasteiger partial charge in [0.1, 0.15) is 4.90 Å². The van der Waals surface area contributed by atoms with Crippen LogP contribution in [0.15, 0.2) is 29.2 Å². The van der Waals surface area contributed by atoms with Crippen LogP contribution in [0.25, 0.3) is 0 Å². The molecule has 0 radical (unpaired) electrons. The lowest BCUT2D eigenvalue weighted by Crippen LogP contribution is -2.54. The zero-order valence-corrected chi connectivity index (χ0v) is 13.2. The summed E-state index contributed by atoms with van der Waals surface area (Å²) >= 11 is 0. The topological polar surface area (TPSA) is 113 Å². The number of hydrogen-bond donors (Lipinski definition) is 3. The number of anilines is 1. The number of carbonyl (C=O) groups is 1. The van der Waals surface area contributed by atoms with Gasteiger partial charge in [-0.15, -0.1) is 0 Å². The molecule has 8 heteroatoms. The second-order valence-electron chi connectivity index (χ2n) is 5.44. The Hall–Kier alpha value is -1.64. The van der Waals surface area contributed by atoms with E-state index in [0.29, 0.717) is 19.4 Å². The number of rotatable bonds is 7. The molecule has 7 nitrogen and oxygen atoms in total. The van der Waals surface area contributed by atoms with Gasteiger partial charge in [0.25, 0.3) is 0 Å². The third-order valence-corrected chi connectivity index (χ3v) is 5.50. The third-order valence-electron chi connectivity index (χ3n) is 3.90. The number of nitrogens with zero attached hydrogens (tertiary/aromatic N) is 1. The highest BCUT2D eigenvalue weighted by Crippen LogP contribution is 2.28. The number of carboxylic acid groups (broad SMARTS) is 1. The van der Waals surface area contributed by atoms with Crippen LogP contribution in [0.5, 0.6) is 0 Å². The predicted octanol–water partition coefficient (Wildman–Crippen LogP) is 0.485. The van der Waals surface area contributed by atoms with E-state index in [0.717, 1.165) is 0 Å². The van der Waals surface area contributed by atoms with Gasteiger partial charge in [-0.3, -0.25) is 9.69 Å². The van der Waals surface area contributed by atoms with Crippen molar-refractivity contribution in [3.63, 3.8) is 0 Å². The summed E-state index contributed by atoms with van der Waals surface area (Å²) in [4.78, 5) is 12.7. The summed E-state index contributed by atoms with van der Waals surface area (Å²) < 4.78 is 27.2. The van der Waals surface area contributed by atoms with Gasteiger partial charge < -0.3 is 10.8 Å². The molecule has 1 aromatic carbocycles. The van der Waals surface area contributed by atoms with Crippen molar-refractivity contribution in [2.45, 2.75) is 36.7 Å². The number of benzene rings is 1. The van der Waals surface area contributed by atoms with E-state index in [1.165, 1.54) is 6.07 Å². The van der Waals surface area contributed by atoms with Crippen LogP contribution in [-0.2, 0) is 14.8 Å². The maximum Gasteiger partial charge on any atom is 0.317 e. The maximum atomic E-state index is 12.3. The van der Waals surface area contributed by atoms with Crippen LogP contribution in [0.4, 0.5) is 5.69 Å². The van der Waals surface area contributed by atoms with Gasteiger partial charge in [-0.1, -0.05) is 19.1 Å². The predicted molar refractivity (Wildman–Crippen MR) is 82.9 cm³/mol. The van der Waals surface area contributed by atoms with E-state index in [9.17, 15) is 13.2 Å². The van der Waals surface area contributed by atoms with Crippen LogP contribution >= 0.6 is 0 Å². The molecule has 1 aliphatic rings. The summed E-state index contributed by atoms with van der Waals surface area (Å²) in [5.74, 6) is -0.872. The lowest BCUT2D eigenvalue weighted by Gasteiger charge is -2.42. The van der Waals surface area contributed by atoms with E-state index in [1.54, 1.807) is 18.2 Å². The van der Waals surface area contributed by atoms with Crippen molar-refractivity contribution in [3.05, 3.63) is 24.3 Å². The number of nitrogens with two attached hydrogens (primary N) is 1. The lowest BCUT2D eigenvalue weighted by atomic mass is 9.86. The van der Waals surface area contributed by atoms with Crippen molar-refractivity contribution < 1.29 is 18.3 Å². The van der Waals surface area contributed by atoms with E-state index in [4.69, 9.17) is 10.8 Å². The van der Waals surface area contributed by atoms with Crippen molar-refractivity contribution >= 4 is 21.7 Å². The monoisotopic (exact) mass is 327 g/mol. The lowest BCUT2D eigenvalue weighted by molar-refractivity contribution is -0.139.